The molecule has 12 heteroatoms. The number of benzene rings is 4. The molecule has 1 N–H and O–H groups in total. The van der Waals surface area contributed by atoms with Crippen LogP contribution >= 0.6 is 23.2 Å². The predicted octanol–water partition coefficient (Wildman–Crippen LogP) is 10.4. The maximum atomic E-state index is 17.3. The van der Waals surface area contributed by atoms with Crippen LogP contribution < -0.4 is 5.32 Å². The molecule has 10 rings (SSSR count). The number of ether oxygens (including phenoxy) is 1. The second-order valence-corrected chi connectivity index (χ2v) is 16.2. The van der Waals surface area contributed by atoms with Gasteiger partial charge in [0.25, 0.3) is 5.91 Å². The molecule has 1 aliphatic carbocycles. The van der Waals surface area contributed by atoms with Gasteiger partial charge in [0.2, 0.25) is 0 Å². The normalized spacial score (nSPS) is 21.4. The molecule has 6 aromatic rings. The summed E-state index contributed by atoms with van der Waals surface area (Å²) in [5, 5.41) is 15.2. The lowest BCUT2D eigenvalue weighted by molar-refractivity contribution is 0.0410. The Balaban J connectivity index is 1.25. The van der Waals surface area contributed by atoms with Crippen molar-refractivity contribution in [3.8, 4) is 17.2 Å². The lowest BCUT2D eigenvalue weighted by Gasteiger charge is -2.39. The smallest absolute Gasteiger partial charge is 0.254 e. The SMILES string of the molecule is Cc1ccccc1C(=O)N1C[C@@H](OCc2c(F)cccc2F)C[C@@H]1c1cc2c(C)nc3c(F)c(-c4cccc(Cl)c4Cl)c(CCC#N)cc3c2n1[C@H]1[C@H]2CN[C@@H]1C2. The van der Waals surface area contributed by atoms with E-state index in [1.165, 1.54) is 18.2 Å². The molecule has 290 valence electrons. The zero-order valence-corrected chi connectivity index (χ0v) is 32.8. The fourth-order valence-electron chi connectivity index (χ4n) is 9.36. The summed E-state index contributed by atoms with van der Waals surface area (Å²) in [5.74, 6) is -1.81. The molecule has 0 radical (unpaired) electrons. The average Bonchev–Trinajstić information content (AvgIpc) is 4.00. The number of hydrogen-bond acceptors (Lipinski definition) is 5. The van der Waals surface area contributed by atoms with Crippen molar-refractivity contribution >= 4 is 50.9 Å². The molecule has 1 saturated carbocycles. The van der Waals surface area contributed by atoms with E-state index in [0.717, 1.165) is 35.1 Å². The Morgan fingerprint density at radius 1 is 1.00 bits per heavy atom. The molecule has 3 saturated heterocycles. The minimum Gasteiger partial charge on any atom is -0.371 e. The number of pyridine rings is 1. The zero-order chi connectivity index (χ0) is 39.7. The lowest BCUT2D eigenvalue weighted by Crippen LogP contribution is -2.41. The number of aromatic nitrogens is 2. The van der Waals surface area contributed by atoms with Gasteiger partial charge < -0.3 is 19.5 Å². The Morgan fingerprint density at radius 2 is 1.77 bits per heavy atom. The van der Waals surface area contributed by atoms with E-state index in [2.05, 4.69) is 22.0 Å². The van der Waals surface area contributed by atoms with E-state index in [-0.39, 0.29) is 70.7 Å². The molecule has 5 heterocycles. The number of likely N-dealkylation sites (tertiary alicyclic amines) is 1. The number of nitrogens with zero attached hydrogens (tertiary/aromatic N) is 4. The van der Waals surface area contributed by atoms with Crippen molar-refractivity contribution in [3.63, 3.8) is 0 Å². The van der Waals surface area contributed by atoms with Gasteiger partial charge in [-0.15, -0.1) is 0 Å². The summed E-state index contributed by atoms with van der Waals surface area (Å²) in [7, 11) is 0. The van der Waals surface area contributed by atoms with Gasteiger partial charge in [-0.2, -0.15) is 5.26 Å². The highest BCUT2D eigenvalue weighted by Gasteiger charge is 2.50. The van der Waals surface area contributed by atoms with E-state index in [1.54, 1.807) is 24.3 Å². The van der Waals surface area contributed by atoms with Gasteiger partial charge in [-0.25, -0.2) is 18.2 Å². The number of nitriles is 1. The Morgan fingerprint density at radius 3 is 2.49 bits per heavy atom. The third-order valence-corrected chi connectivity index (χ3v) is 13.0. The summed E-state index contributed by atoms with van der Waals surface area (Å²) in [6.45, 7) is 4.48. The van der Waals surface area contributed by atoms with E-state index < -0.39 is 29.6 Å². The highest BCUT2D eigenvalue weighted by molar-refractivity contribution is 6.43. The fourth-order valence-corrected chi connectivity index (χ4v) is 9.76. The maximum absolute atomic E-state index is 17.3. The van der Waals surface area contributed by atoms with Gasteiger partial charge in [-0.1, -0.05) is 59.6 Å². The van der Waals surface area contributed by atoms with Crippen LogP contribution in [0.4, 0.5) is 13.2 Å². The van der Waals surface area contributed by atoms with E-state index in [0.29, 0.717) is 40.1 Å². The van der Waals surface area contributed by atoms with Crippen molar-refractivity contribution in [2.24, 2.45) is 5.92 Å². The van der Waals surface area contributed by atoms with Gasteiger partial charge in [0.15, 0.2) is 5.82 Å². The van der Waals surface area contributed by atoms with E-state index in [9.17, 15) is 18.8 Å². The van der Waals surface area contributed by atoms with Gasteiger partial charge in [-0.3, -0.25) is 4.79 Å². The highest BCUT2D eigenvalue weighted by Crippen LogP contribution is 2.51. The molecule has 4 aromatic carbocycles. The van der Waals surface area contributed by atoms with Crippen molar-refractivity contribution in [1.82, 2.24) is 19.8 Å². The van der Waals surface area contributed by atoms with Crippen LogP contribution in [-0.4, -0.2) is 45.6 Å². The Kier molecular flexibility index (Phi) is 9.77. The molecule has 4 fully saturated rings. The van der Waals surface area contributed by atoms with E-state index in [1.807, 2.05) is 43.0 Å². The number of amides is 1. The molecule has 4 aliphatic rings. The number of fused-ring (bicyclic) bond motifs is 4. The minimum atomic E-state index is -0.692. The minimum absolute atomic E-state index is 0.0121. The predicted molar refractivity (Wildman–Crippen MR) is 215 cm³/mol. The van der Waals surface area contributed by atoms with Gasteiger partial charge in [0, 0.05) is 76.4 Å². The first-order valence-corrected chi connectivity index (χ1v) is 19.9. The molecule has 2 aromatic heterocycles. The Bertz CT molecular complexity index is 2620. The van der Waals surface area contributed by atoms with Crippen LogP contribution in [-0.2, 0) is 17.8 Å². The quantitative estimate of drug-likeness (QED) is 0.157. The molecule has 57 heavy (non-hydrogen) atoms. The summed E-state index contributed by atoms with van der Waals surface area (Å²) >= 11 is 13.1. The van der Waals surface area contributed by atoms with Gasteiger partial charge >= 0.3 is 0 Å². The topological polar surface area (TPSA) is 83.2 Å². The van der Waals surface area contributed by atoms with E-state index >= 15 is 4.39 Å². The average molecular weight is 809 g/mol. The third-order valence-electron chi connectivity index (χ3n) is 12.2. The molecule has 5 atom stereocenters. The third kappa shape index (κ3) is 6.27. The van der Waals surface area contributed by atoms with Gasteiger partial charge in [0.1, 0.15) is 17.2 Å². The molecule has 0 unspecified atom stereocenters. The standard InChI is InChI=1S/C45H38Cl2F3N5O2/c1-23-8-3-4-10-28(23)45(56)54-21-27(57-22-32-34(48)13-6-14-35(32)49)18-37(54)38-19-30-24(2)53-42-31(44(30)55(38)43-26-17-36(43)52-20-26)16-25(9-7-15-51)39(41(42)50)29-11-5-12-33(46)40(29)47/h3-6,8,10-14,16,19,26-27,36-37,43,52H,7,9,17-18,20-22H2,1-2H3/t26-,27+,36-,37-,43+/m1/s1. The number of hydrogen-bond donors (Lipinski definition) is 1. The highest BCUT2D eigenvalue weighted by atomic mass is 35.5. The van der Waals surface area contributed by atoms with E-state index in [4.69, 9.17) is 32.9 Å². The number of rotatable bonds is 9. The number of aryl methyl sites for hydroxylation is 3. The van der Waals surface area contributed by atoms with Gasteiger partial charge in [-0.05, 0) is 80.1 Å². The monoisotopic (exact) mass is 807 g/mol. The Labute approximate surface area is 338 Å². The zero-order valence-electron chi connectivity index (χ0n) is 31.3. The van der Waals surface area contributed by atoms with Crippen LogP contribution in [0.3, 0.4) is 0 Å². The van der Waals surface area contributed by atoms with Crippen molar-refractivity contribution in [2.45, 2.75) is 70.4 Å². The molecule has 2 bridgehead atoms. The van der Waals surface area contributed by atoms with Crippen LogP contribution in [0, 0.1) is 48.5 Å². The fraction of sp³-hybridized carbons (Fsp3) is 0.311. The number of carbonyl (C=O) groups excluding carboxylic acids is 1. The maximum Gasteiger partial charge on any atom is 0.254 e. The first-order chi connectivity index (χ1) is 27.5. The van der Waals surface area contributed by atoms with Crippen LogP contribution in [0.25, 0.3) is 32.9 Å². The summed E-state index contributed by atoms with van der Waals surface area (Å²) in [4.78, 5) is 21.3. The number of nitrogens with one attached hydrogen (secondary N) is 1. The molecule has 3 aliphatic heterocycles. The van der Waals surface area contributed by atoms with Crippen molar-refractivity contribution in [3.05, 3.63) is 134 Å². The Hall–Kier alpha value is -4.92. The lowest BCUT2D eigenvalue weighted by atomic mass is 9.79. The molecule has 7 nitrogen and oxygen atoms in total. The van der Waals surface area contributed by atoms with Crippen LogP contribution in [0.15, 0.2) is 72.8 Å². The van der Waals surface area contributed by atoms with Crippen molar-refractivity contribution in [1.29, 1.82) is 5.26 Å². The first-order valence-electron chi connectivity index (χ1n) is 19.2. The van der Waals surface area contributed by atoms with Crippen molar-refractivity contribution in [2.75, 3.05) is 13.1 Å². The summed E-state index contributed by atoms with van der Waals surface area (Å²) in [6.07, 6.45) is 1.23. The summed E-state index contributed by atoms with van der Waals surface area (Å²) in [5.41, 5.74) is 4.95. The summed E-state index contributed by atoms with van der Waals surface area (Å²) in [6, 6.07) is 22.1. The van der Waals surface area contributed by atoms with Crippen LogP contribution in [0.5, 0.6) is 0 Å². The number of carbonyl (C=O) groups is 1. The number of halogens is 5. The summed E-state index contributed by atoms with van der Waals surface area (Å²) < 4.78 is 55.3. The first kappa shape index (κ1) is 37.6. The van der Waals surface area contributed by atoms with Crippen LogP contribution in [0.2, 0.25) is 10.0 Å². The van der Waals surface area contributed by atoms with Crippen molar-refractivity contribution < 1.29 is 22.7 Å². The van der Waals surface area contributed by atoms with Gasteiger partial charge in [0.05, 0.1) is 46.4 Å². The molecular formula is C45H38Cl2F3N5O2. The largest absolute Gasteiger partial charge is 0.371 e. The molecule has 0 spiro atoms. The second kappa shape index (κ2) is 14.8. The van der Waals surface area contributed by atoms with Crippen LogP contribution in [0.1, 0.15) is 69.8 Å². The molecular weight excluding hydrogens is 770 g/mol. The molecule has 1 amide bonds. The second-order valence-electron chi connectivity index (χ2n) is 15.4.